The maximum Gasteiger partial charge on any atom is 0.333 e. The molecule has 0 aromatic heterocycles. The molecular weight excluding hydrogens is 216 g/mol. The Labute approximate surface area is 103 Å². The van der Waals surface area contributed by atoms with E-state index in [0.29, 0.717) is 24.3 Å². The second-order valence-electron chi connectivity index (χ2n) is 5.27. The van der Waals surface area contributed by atoms with Gasteiger partial charge in [0.05, 0.1) is 0 Å². The number of aliphatic hydroxyl groups is 1. The van der Waals surface area contributed by atoms with Crippen LogP contribution in [-0.4, -0.2) is 23.3 Å². The van der Waals surface area contributed by atoms with Gasteiger partial charge in [-0.1, -0.05) is 25.7 Å². The van der Waals surface area contributed by atoms with Crippen LogP contribution >= 0.6 is 0 Å². The molecule has 0 heterocycles. The summed E-state index contributed by atoms with van der Waals surface area (Å²) in [4.78, 5) is 11.7. The minimum Gasteiger partial charge on any atom is -0.455 e. The van der Waals surface area contributed by atoms with Gasteiger partial charge in [-0.3, -0.25) is 0 Å². The second kappa shape index (κ2) is 5.50. The van der Waals surface area contributed by atoms with Crippen molar-refractivity contribution < 1.29 is 14.6 Å². The summed E-state index contributed by atoms with van der Waals surface area (Å²) in [6.45, 7) is 11.4. The summed E-state index contributed by atoms with van der Waals surface area (Å²) in [5, 5.41) is 9.16. The fraction of sp³-hybridized carbons (Fsp3) is 0.643. The van der Waals surface area contributed by atoms with Gasteiger partial charge in [0.1, 0.15) is 5.60 Å². The summed E-state index contributed by atoms with van der Waals surface area (Å²) in [6.07, 6.45) is 2.87. The topological polar surface area (TPSA) is 46.5 Å². The van der Waals surface area contributed by atoms with Crippen LogP contribution in [0, 0.1) is 5.92 Å². The van der Waals surface area contributed by atoms with Gasteiger partial charge in [-0.15, -0.1) is 0 Å². The van der Waals surface area contributed by atoms with Crippen LogP contribution in [0.25, 0.3) is 0 Å². The van der Waals surface area contributed by atoms with Gasteiger partial charge in [-0.2, -0.15) is 0 Å². The van der Waals surface area contributed by atoms with E-state index in [1.807, 2.05) is 0 Å². The fourth-order valence-corrected chi connectivity index (χ4v) is 2.61. The molecule has 96 valence electrons. The number of hydrogen-bond donors (Lipinski definition) is 1. The highest BCUT2D eigenvalue weighted by Crippen LogP contribution is 2.40. The predicted octanol–water partition coefficient (Wildman–Crippen LogP) is 2.60. The van der Waals surface area contributed by atoms with E-state index in [-0.39, 0.29) is 12.6 Å². The molecule has 2 atom stereocenters. The first-order valence-corrected chi connectivity index (χ1v) is 6.05. The maximum absolute atomic E-state index is 11.7. The van der Waals surface area contributed by atoms with Crippen LogP contribution in [0.5, 0.6) is 0 Å². The van der Waals surface area contributed by atoms with Crippen LogP contribution in [0.1, 0.15) is 39.5 Å². The summed E-state index contributed by atoms with van der Waals surface area (Å²) in [7, 11) is 0. The van der Waals surface area contributed by atoms with Crippen molar-refractivity contribution in [2.75, 3.05) is 6.61 Å². The predicted molar refractivity (Wildman–Crippen MR) is 67.5 cm³/mol. The van der Waals surface area contributed by atoms with Crippen molar-refractivity contribution in [3.8, 4) is 0 Å². The zero-order valence-corrected chi connectivity index (χ0v) is 10.8. The first-order valence-electron chi connectivity index (χ1n) is 6.05. The van der Waals surface area contributed by atoms with E-state index in [2.05, 4.69) is 20.1 Å². The Hall–Kier alpha value is -1.09. The number of ether oxygens (including phenoxy) is 1. The first kappa shape index (κ1) is 14.0. The lowest BCUT2D eigenvalue weighted by Crippen LogP contribution is -2.41. The van der Waals surface area contributed by atoms with Crippen molar-refractivity contribution in [2.45, 2.75) is 45.1 Å². The number of esters is 1. The van der Waals surface area contributed by atoms with Gasteiger partial charge in [0.25, 0.3) is 0 Å². The Balaban J connectivity index is 2.84. The largest absolute Gasteiger partial charge is 0.455 e. The molecule has 0 saturated heterocycles. The SMILES string of the molecule is C=C1CC(C)CC(CCO)(OC(=O)C(=C)C)C1. The van der Waals surface area contributed by atoms with Crippen LogP contribution in [0.2, 0.25) is 0 Å². The van der Waals surface area contributed by atoms with Crippen LogP contribution in [-0.2, 0) is 9.53 Å². The van der Waals surface area contributed by atoms with Crippen molar-refractivity contribution >= 4 is 5.97 Å². The van der Waals surface area contributed by atoms with Gasteiger partial charge in [-0.05, 0) is 25.7 Å². The van der Waals surface area contributed by atoms with E-state index in [9.17, 15) is 4.79 Å². The molecule has 1 N–H and O–H groups in total. The minimum atomic E-state index is -0.584. The third kappa shape index (κ3) is 3.70. The number of carbonyl (C=O) groups is 1. The molecule has 1 aliphatic carbocycles. The summed E-state index contributed by atoms with van der Waals surface area (Å²) in [6, 6.07) is 0. The molecule has 17 heavy (non-hydrogen) atoms. The monoisotopic (exact) mass is 238 g/mol. The van der Waals surface area contributed by atoms with Gasteiger partial charge in [0.2, 0.25) is 0 Å². The van der Waals surface area contributed by atoms with Crippen molar-refractivity contribution in [3.63, 3.8) is 0 Å². The molecule has 1 rings (SSSR count). The van der Waals surface area contributed by atoms with Gasteiger partial charge >= 0.3 is 5.97 Å². The molecule has 0 amide bonds. The molecule has 0 radical (unpaired) electrons. The van der Waals surface area contributed by atoms with Crippen LogP contribution < -0.4 is 0 Å². The van der Waals surface area contributed by atoms with Crippen molar-refractivity contribution in [1.29, 1.82) is 0 Å². The smallest absolute Gasteiger partial charge is 0.333 e. The first-order chi connectivity index (χ1) is 7.88. The normalized spacial score (nSPS) is 28.9. The highest BCUT2D eigenvalue weighted by molar-refractivity contribution is 5.87. The van der Waals surface area contributed by atoms with E-state index in [1.54, 1.807) is 6.92 Å². The number of carbonyl (C=O) groups excluding carboxylic acids is 1. The lowest BCUT2D eigenvalue weighted by Gasteiger charge is -2.40. The molecule has 0 aliphatic heterocycles. The van der Waals surface area contributed by atoms with E-state index in [4.69, 9.17) is 9.84 Å². The molecule has 0 spiro atoms. The van der Waals surface area contributed by atoms with Crippen LogP contribution in [0.3, 0.4) is 0 Å². The maximum atomic E-state index is 11.7. The fourth-order valence-electron chi connectivity index (χ4n) is 2.61. The zero-order chi connectivity index (χ0) is 13.1. The van der Waals surface area contributed by atoms with Gasteiger partial charge in [0.15, 0.2) is 0 Å². The number of aliphatic hydroxyl groups excluding tert-OH is 1. The van der Waals surface area contributed by atoms with E-state index in [1.165, 1.54) is 0 Å². The van der Waals surface area contributed by atoms with Crippen molar-refractivity contribution in [3.05, 3.63) is 24.3 Å². The third-order valence-electron chi connectivity index (χ3n) is 3.15. The van der Waals surface area contributed by atoms with E-state index < -0.39 is 5.60 Å². The quantitative estimate of drug-likeness (QED) is 0.465. The molecule has 1 aliphatic rings. The lowest BCUT2D eigenvalue weighted by molar-refractivity contribution is -0.159. The van der Waals surface area contributed by atoms with E-state index in [0.717, 1.165) is 18.4 Å². The molecule has 1 saturated carbocycles. The Morgan fingerprint density at radius 1 is 1.65 bits per heavy atom. The van der Waals surface area contributed by atoms with Crippen molar-refractivity contribution in [2.24, 2.45) is 5.92 Å². The summed E-state index contributed by atoms with van der Waals surface area (Å²) < 4.78 is 5.56. The average molecular weight is 238 g/mol. The van der Waals surface area contributed by atoms with Crippen LogP contribution in [0.4, 0.5) is 0 Å². The standard InChI is InChI=1S/C14H22O3/c1-10(2)13(16)17-14(5-6-15)8-11(3)7-12(4)9-14/h12,15H,1,3,5-9H2,2,4H3. The molecule has 0 aromatic carbocycles. The number of rotatable bonds is 4. The minimum absolute atomic E-state index is 0.0173. The summed E-state index contributed by atoms with van der Waals surface area (Å²) in [5.74, 6) is 0.0565. The Morgan fingerprint density at radius 2 is 2.29 bits per heavy atom. The summed E-state index contributed by atoms with van der Waals surface area (Å²) >= 11 is 0. The number of hydrogen-bond acceptors (Lipinski definition) is 3. The molecular formula is C14H22O3. The molecule has 3 nitrogen and oxygen atoms in total. The highest BCUT2D eigenvalue weighted by atomic mass is 16.6. The molecule has 0 aromatic rings. The highest BCUT2D eigenvalue weighted by Gasteiger charge is 2.39. The van der Waals surface area contributed by atoms with Gasteiger partial charge in [0, 0.05) is 25.0 Å². The lowest BCUT2D eigenvalue weighted by atomic mass is 9.75. The summed E-state index contributed by atoms with van der Waals surface area (Å²) in [5.41, 5.74) is 0.900. The Bertz CT molecular complexity index is 332. The van der Waals surface area contributed by atoms with Crippen molar-refractivity contribution in [1.82, 2.24) is 0 Å². The molecule has 0 bridgehead atoms. The third-order valence-corrected chi connectivity index (χ3v) is 3.15. The second-order valence-corrected chi connectivity index (χ2v) is 5.27. The molecule has 3 heteroatoms. The average Bonchev–Trinajstić information content (AvgIpc) is 2.15. The van der Waals surface area contributed by atoms with E-state index >= 15 is 0 Å². The van der Waals surface area contributed by atoms with Crippen LogP contribution in [0.15, 0.2) is 24.3 Å². The Kier molecular flexibility index (Phi) is 4.52. The van der Waals surface area contributed by atoms with Gasteiger partial charge in [-0.25, -0.2) is 4.79 Å². The molecule has 1 fully saturated rings. The Morgan fingerprint density at radius 3 is 2.76 bits per heavy atom. The zero-order valence-electron chi connectivity index (χ0n) is 10.8. The van der Waals surface area contributed by atoms with Gasteiger partial charge < -0.3 is 9.84 Å². The molecule has 2 unspecified atom stereocenters.